The van der Waals surface area contributed by atoms with Gasteiger partial charge in [0.2, 0.25) is 0 Å². The van der Waals surface area contributed by atoms with Crippen LogP contribution in [0, 0.1) is 6.92 Å². The summed E-state index contributed by atoms with van der Waals surface area (Å²) in [5.41, 5.74) is 1.54. The second-order valence-corrected chi connectivity index (χ2v) is 8.84. The van der Waals surface area contributed by atoms with E-state index in [1.54, 1.807) is 37.4 Å². The van der Waals surface area contributed by atoms with Crippen LogP contribution in [-0.2, 0) is 20.2 Å². The van der Waals surface area contributed by atoms with Crippen molar-refractivity contribution in [3.8, 4) is 5.75 Å². The quantitative estimate of drug-likeness (QED) is 0.341. The zero-order valence-corrected chi connectivity index (χ0v) is 19.1. The summed E-state index contributed by atoms with van der Waals surface area (Å²) in [4.78, 5) is -0.652. The monoisotopic (exact) mass is 429 g/mol. The molecule has 0 unspecified atom stereocenters. The minimum atomic E-state index is -4.81. The van der Waals surface area contributed by atoms with Crippen LogP contribution in [0.15, 0.2) is 64.4 Å². The van der Waals surface area contributed by atoms with E-state index in [1.807, 2.05) is 6.92 Å². The van der Waals surface area contributed by atoms with Crippen LogP contribution in [0.1, 0.15) is 5.56 Å². The van der Waals surface area contributed by atoms with Crippen molar-refractivity contribution < 1.29 is 55.1 Å². The molecule has 0 aliphatic carbocycles. The van der Waals surface area contributed by atoms with E-state index in [2.05, 4.69) is 5.32 Å². The maximum Gasteiger partial charge on any atom is 1.00 e. The van der Waals surface area contributed by atoms with Gasteiger partial charge in [-0.3, -0.25) is 0 Å². The van der Waals surface area contributed by atoms with Crippen LogP contribution in [0.4, 0.5) is 5.69 Å². The summed E-state index contributed by atoms with van der Waals surface area (Å²) in [7, 11) is -7.34. The van der Waals surface area contributed by atoms with Gasteiger partial charge in [0, 0.05) is 24.2 Å². The first-order valence-corrected chi connectivity index (χ1v) is 10.6. The molecule has 142 valence electrons. The SMILES string of the molecule is CNc1ccc2c(OS(=O)(=O)c3ccc(C)cc3)cc(S(=O)(=O)[O-])cc2c1.[Na+]. The van der Waals surface area contributed by atoms with Crippen LogP contribution in [0.2, 0.25) is 0 Å². The van der Waals surface area contributed by atoms with Gasteiger partial charge in [0.25, 0.3) is 0 Å². The van der Waals surface area contributed by atoms with Crippen molar-refractivity contribution in [3.63, 3.8) is 0 Å². The Kier molecular flexibility index (Phi) is 6.80. The van der Waals surface area contributed by atoms with E-state index in [4.69, 9.17) is 4.18 Å². The van der Waals surface area contributed by atoms with E-state index < -0.39 is 25.1 Å². The number of fused-ring (bicyclic) bond motifs is 1. The molecular formula is C18H16NNaO6S2. The van der Waals surface area contributed by atoms with Gasteiger partial charge in [-0.05, 0) is 48.7 Å². The van der Waals surface area contributed by atoms with E-state index >= 15 is 0 Å². The summed E-state index contributed by atoms with van der Waals surface area (Å²) >= 11 is 0. The molecule has 7 nitrogen and oxygen atoms in total. The molecule has 1 N–H and O–H groups in total. The third-order valence-corrected chi connectivity index (χ3v) is 6.04. The molecule has 3 aromatic carbocycles. The van der Waals surface area contributed by atoms with Gasteiger partial charge < -0.3 is 14.1 Å². The number of anilines is 1. The summed E-state index contributed by atoms with van der Waals surface area (Å²) < 4.78 is 64.8. The molecule has 0 fully saturated rings. The van der Waals surface area contributed by atoms with Crippen LogP contribution in [0.25, 0.3) is 10.8 Å². The molecule has 0 bridgehead atoms. The molecule has 3 rings (SSSR count). The summed E-state index contributed by atoms with van der Waals surface area (Å²) in [5, 5.41) is 3.60. The zero-order chi connectivity index (χ0) is 19.8. The van der Waals surface area contributed by atoms with Crippen molar-refractivity contribution in [2.75, 3.05) is 12.4 Å². The van der Waals surface area contributed by atoms with Crippen LogP contribution < -0.4 is 39.1 Å². The number of nitrogens with one attached hydrogen (secondary N) is 1. The predicted octanol–water partition coefficient (Wildman–Crippen LogP) is -0.134. The molecule has 3 aromatic rings. The summed E-state index contributed by atoms with van der Waals surface area (Å²) in [6.07, 6.45) is 0. The molecule has 0 aromatic heterocycles. The molecule has 28 heavy (non-hydrogen) atoms. The predicted molar refractivity (Wildman–Crippen MR) is 100 cm³/mol. The average Bonchev–Trinajstić information content (AvgIpc) is 2.60. The maximum absolute atomic E-state index is 12.6. The van der Waals surface area contributed by atoms with Gasteiger partial charge in [-0.1, -0.05) is 17.7 Å². The van der Waals surface area contributed by atoms with E-state index in [0.717, 1.165) is 11.6 Å². The van der Waals surface area contributed by atoms with Gasteiger partial charge in [0.05, 0.1) is 4.90 Å². The van der Waals surface area contributed by atoms with Gasteiger partial charge in [0.15, 0.2) is 5.75 Å². The summed E-state index contributed by atoms with van der Waals surface area (Å²) in [5.74, 6) is -0.231. The Labute approximate surface area is 185 Å². The smallest absolute Gasteiger partial charge is 0.744 e. The minimum absolute atomic E-state index is 0. The minimum Gasteiger partial charge on any atom is -0.744 e. The first-order chi connectivity index (χ1) is 12.6. The van der Waals surface area contributed by atoms with Crippen molar-refractivity contribution in [1.29, 1.82) is 0 Å². The van der Waals surface area contributed by atoms with Crippen molar-refractivity contribution in [2.45, 2.75) is 16.7 Å². The molecule has 10 heteroatoms. The molecule has 0 radical (unpaired) electrons. The van der Waals surface area contributed by atoms with Crippen LogP contribution in [-0.4, -0.2) is 28.4 Å². The Morgan fingerprint density at radius 3 is 2.11 bits per heavy atom. The molecular weight excluding hydrogens is 413 g/mol. The molecule has 0 aliphatic heterocycles. The third-order valence-electron chi connectivity index (χ3n) is 3.97. The zero-order valence-electron chi connectivity index (χ0n) is 15.5. The van der Waals surface area contributed by atoms with Crippen molar-refractivity contribution >= 4 is 36.7 Å². The summed E-state index contributed by atoms with van der Waals surface area (Å²) in [6.45, 7) is 1.81. The Morgan fingerprint density at radius 1 is 0.893 bits per heavy atom. The fourth-order valence-electron chi connectivity index (χ4n) is 2.55. The van der Waals surface area contributed by atoms with Gasteiger partial charge in [-0.25, -0.2) is 8.42 Å². The Bertz CT molecular complexity index is 1220. The Balaban J connectivity index is 0.00000280. The van der Waals surface area contributed by atoms with Gasteiger partial charge in [0.1, 0.15) is 15.0 Å². The van der Waals surface area contributed by atoms with Crippen LogP contribution in [0.3, 0.4) is 0 Å². The van der Waals surface area contributed by atoms with Gasteiger partial charge >= 0.3 is 39.7 Å². The molecule has 0 amide bonds. The number of rotatable bonds is 5. The fourth-order valence-corrected chi connectivity index (χ4v) is 4.01. The topological polar surface area (TPSA) is 113 Å². The molecule has 0 aliphatic rings. The number of aryl methyl sites for hydroxylation is 1. The molecule has 0 saturated carbocycles. The Hall–Kier alpha value is -1.62. The fraction of sp³-hybridized carbons (Fsp3) is 0.111. The van der Waals surface area contributed by atoms with Crippen molar-refractivity contribution in [1.82, 2.24) is 0 Å². The third kappa shape index (κ3) is 4.86. The standard InChI is InChI=1S/C18H17NO6S2.Na/c1-12-3-6-15(7-4-12)27(23,24)25-18-11-16(26(20,21)22)10-13-9-14(19-2)5-8-17(13)18;/h3-11,19H,1-2H3,(H,20,21,22);/q;+1/p-1. The second kappa shape index (κ2) is 8.40. The Morgan fingerprint density at radius 2 is 1.54 bits per heavy atom. The van der Waals surface area contributed by atoms with E-state index in [-0.39, 0.29) is 40.2 Å². The first-order valence-electron chi connectivity index (χ1n) is 7.83. The van der Waals surface area contributed by atoms with E-state index in [1.165, 1.54) is 18.2 Å². The first kappa shape index (κ1) is 22.7. The maximum atomic E-state index is 12.6. The van der Waals surface area contributed by atoms with Crippen molar-refractivity contribution in [3.05, 3.63) is 60.2 Å². The average molecular weight is 429 g/mol. The second-order valence-electron chi connectivity index (χ2n) is 5.91. The largest absolute Gasteiger partial charge is 1.00 e. The van der Waals surface area contributed by atoms with E-state index in [9.17, 15) is 21.4 Å². The summed E-state index contributed by atoms with van der Waals surface area (Å²) in [6, 6.07) is 13.0. The number of hydrogen-bond acceptors (Lipinski definition) is 7. The van der Waals surface area contributed by atoms with Gasteiger partial charge in [-0.2, -0.15) is 8.42 Å². The number of hydrogen-bond donors (Lipinski definition) is 1. The normalized spacial score (nSPS) is 11.7. The van der Waals surface area contributed by atoms with Gasteiger partial charge in [-0.15, -0.1) is 0 Å². The molecule has 0 atom stereocenters. The molecule has 0 saturated heterocycles. The number of benzene rings is 3. The van der Waals surface area contributed by atoms with Crippen molar-refractivity contribution in [2.24, 2.45) is 0 Å². The molecule has 0 spiro atoms. The van der Waals surface area contributed by atoms with E-state index in [0.29, 0.717) is 16.5 Å². The molecule has 0 heterocycles. The van der Waals surface area contributed by atoms with Crippen LogP contribution in [0.5, 0.6) is 5.75 Å². The van der Waals surface area contributed by atoms with Crippen LogP contribution >= 0.6 is 0 Å².